The molecule has 0 aliphatic rings. The van der Waals surface area contributed by atoms with Crippen LogP contribution in [0.1, 0.15) is 30.9 Å². The zero-order valence-corrected chi connectivity index (χ0v) is 9.89. The van der Waals surface area contributed by atoms with E-state index in [1.807, 2.05) is 13.8 Å². The van der Waals surface area contributed by atoms with Crippen molar-refractivity contribution >= 4 is 5.69 Å². The molecule has 1 nitrogen and oxygen atoms in total. The van der Waals surface area contributed by atoms with E-state index in [1.54, 1.807) is 26.2 Å². The maximum absolute atomic E-state index is 12.7. The molecule has 1 aromatic carbocycles. The van der Waals surface area contributed by atoms with Gasteiger partial charge in [0.05, 0.1) is 5.56 Å². The third kappa shape index (κ3) is 2.68. The molecule has 0 atom stereocenters. The highest BCUT2D eigenvalue weighted by molar-refractivity contribution is 5.56. The molecule has 0 heterocycles. The van der Waals surface area contributed by atoms with E-state index < -0.39 is 11.7 Å². The van der Waals surface area contributed by atoms with Crippen LogP contribution in [0.3, 0.4) is 0 Å². The highest BCUT2D eigenvalue weighted by Gasteiger charge is 2.34. The summed E-state index contributed by atoms with van der Waals surface area (Å²) in [7, 11) is 3.24. The summed E-state index contributed by atoms with van der Waals surface area (Å²) in [4.78, 5) is 1.49. The second kappa shape index (κ2) is 4.36. The molecule has 1 rings (SSSR count). The van der Waals surface area contributed by atoms with Crippen LogP contribution < -0.4 is 4.90 Å². The molecular weight excluding hydrogens is 215 g/mol. The molecule has 4 heteroatoms. The van der Waals surface area contributed by atoms with Crippen molar-refractivity contribution < 1.29 is 13.2 Å². The van der Waals surface area contributed by atoms with E-state index in [2.05, 4.69) is 0 Å². The van der Waals surface area contributed by atoms with E-state index in [4.69, 9.17) is 0 Å². The highest BCUT2D eigenvalue weighted by Crippen LogP contribution is 2.37. The molecule has 0 aliphatic carbocycles. The Hall–Kier alpha value is -1.19. The van der Waals surface area contributed by atoms with Gasteiger partial charge in [-0.1, -0.05) is 19.9 Å². The minimum Gasteiger partial charge on any atom is -0.377 e. The van der Waals surface area contributed by atoms with Crippen LogP contribution in [0, 0.1) is 0 Å². The zero-order chi connectivity index (χ0) is 12.5. The molecule has 0 saturated heterocycles. The number of benzene rings is 1. The summed E-state index contributed by atoms with van der Waals surface area (Å²) in [5.74, 6) is 0.223. The lowest BCUT2D eigenvalue weighted by molar-refractivity contribution is -0.137. The number of nitrogens with zero attached hydrogens (tertiary/aromatic N) is 1. The van der Waals surface area contributed by atoms with Crippen LogP contribution in [-0.2, 0) is 6.18 Å². The van der Waals surface area contributed by atoms with Crippen molar-refractivity contribution in [2.75, 3.05) is 19.0 Å². The second-order valence-corrected chi connectivity index (χ2v) is 4.32. The third-order valence-corrected chi connectivity index (χ3v) is 2.48. The molecular formula is C12H16F3N. The number of rotatable bonds is 2. The summed E-state index contributed by atoms with van der Waals surface area (Å²) in [6, 6.07) is 4.30. The summed E-state index contributed by atoms with van der Waals surface area (Å²) in [5.41, 5.74) is 0.553. The predicted molar refractivity (Wildman–Crippen MR) is 59.9 cm³/mol. The van der Waals surface area contributed by atoms with Gasteiger partial charge in [-0.25, -0.2) is 0 Å². The van der Waals surface area contributed by atoms with E-state index in [0.29, 0.717) is 0 Å². The first-order valence-electron chi connectivity index (χ1n) is 5.12. The van der Waals surface area contributed by atoms with E-state index in [0.717, 1.165) is 11.6 Å². The Morgan fingerprint density at radius 1 is 1.12 bits per heavy atom. The largest absolute Gasteiger partial charge is 0.418 e. The van der Waals surface area contributed by atoms with Crippen LogP contribution in [0.15, 0.2) is 18.2 Å². The number of hydrogen-bond acceptors (Lipinski definition) is 1. The Morgan fingerprint density at radius 3 is 2.06 bits per heavy atom. The average molecular weight is 231 g/mol. The van der Waals surface area contributed by atoms with Crippen LogP contribution in [0.2, 0.25) is 0 Å². The molecule has 0 aliphatic heterocycles. The summed E-state index contributed by atoms with van der Waals surface area (Å²) in [6.45, 7) is 3.92. The molecule has 0 amide bonds. The molecule has 0 bridgehead atoms. The standard InChI is InChI=1S/C12H16F3N/c1-8(2)9-5-6-10(12(13,14)15)11(7-9)16(3)4/h5-8H,1-4H3. The first kappa shape index (κ1) is 12.9. The fraction of sp³-hybridized carbons (Fsp3) is 0.500. The van der Waals surface area contributed by atoms with Gasteiger partial charge in [-0.3, -0.25) is 0 Å². The van der Waals surface area contributed by atoms with Crippen molar-refractivity contribution in [2.24, 2.45) is 0 Å². The lowest BCUT2D eigenvalue weighted by Gasteiger charge is -2.21. The van der Waals surface area contributed by atoms with Gasteiger partial charge in [0.15, 0.2) is 0 Å². The maximum atomic E-state index is 12.7. The van der Waals surface area contributed by atoms with Crippen LogP contribution in [0.4, 0.5) is 18.9 Å². The number of alkyl halides is 3. The van der Waals surface area contributed by atoms with Crippen molar-refractivity contribution in [3.05, 3.63) is 29.3 Å². The fourth-order valence-electron chi connectivity index (χ4n) is 1.52. The lowest BCUT2D eigenvalue weighted by Crippen LogP contribution is -2.17. The first-order chi connectivity index (χ1) is 7.23. The number of hydrogen-bond donors (Lipinski definition) is 0. The molecule has 90 valence electrons. The van der Waals surface area contributed by atoms with E-state index in [-0.39, 0.29) is 11.6 Å². The Labute approximate surface area is 93.9 Å². The minimum absolute atomic E-state index is 0.221. The van der Waals surface area contributed by atoms with Crippen molar-refractivity contribution in [1.29, 1.82) is 0 Å². The van der Waals surface area contributed by atoms with Crippen LogP contribution in [0.5, 0.6) is 0 Å². The van der Waals surface area contributed by atoms with E-state index in [1.165, 1.54) is 4.90 Å². The van der Waals surface area contributed by atoms with Gasteiger partial charge < -0.3 is 4.90 Å². The Morgan fingerprint density at radius 2 is 1.69 bits per heavy atom. The highest BCUT2D eigenvalue weighted by atomic mass is 19.4. The third-order valence-electron chi connectivity index (χ3n) is 2.48. The van der Waals surface area contributed by atoms with Gasteiger partial charge in [-0.05, 0) is 23.6 Å². The van der Waals surface area contributed by atoms with Gasteiger partial charge in [0, 0.05) is 19.8 Å². The van der Waals surface area contributed by atoms with E-state index >= 15 is 0 Å². The summed E-state index contributed by atoms with van der Waals surface area (Å²) in [6.07, 6.45) is -4.30. The molecule has 0 saturated carbocycles. The Bertz CT molecular complexity index is 367. The molecule has 16 heavy (non-hydrogen) atoms. The van der Waals surface area contributed by atoms with Crippen LogP contribution >= 0.6 is 0 Å². The summed E-state index contributed by atoms with van der Waals surface area (Å²) < 4.78 is 38.1. The molecule has 1 aromatic rings. The monoisotopic (exact) mass is 231 g/mol. The van der Waals surface area contributed by atoms with Crippen molar-refractivity contribution in [3.63, 3.8) is 0 Å². The number of anilines is 1. The quantitative estimate of drug-likeness (QED) is 0.746. The van der Waals surface area contributed by atoms with Gasteiger partial charge in [0.1, 0.15) is 0 Å². The average Bonchev–Trinajstić information content (AvgIpc) is 2.15. The summed E-state index contributed by atoms with van der Waals surface area (Å²) in [5, 5.41) is 0. The normalized spacial score (nSPS) is 12.0. The first-order valence-corrected chi connectivity index (χ1v) is 5.12. The van der Waals surface area contributed by atoms with Crippen molar-refractivity contribution in [1.82, 2.24) is 0 Å². The maximum Gasteiger partial charge on any atom is 0.418 e. The molecule has 0 unspecified atom stereocenters. The molecule has 0 N–H and O–H groups in total. The number of halogens is 3. The molecule has 0 fully saturated rings. The smallest absolute Gasteiger partial charge is 0.377 e. The SMILES string of the molecule is CC(C)c1ccc(C(F)(F)F)c(N(C)C)c1. The van der Waals surface area contributed by atoms with Crippen molar-refractivity contribution in [2.45, 2.75) is 25.9 Å². The Balaban J connectivity index is 3.31. The molecule has 0 aromatic heterocycles. The van der Waals surface area contributed by atoms with Gasteiger partial charge in [0.25, 0.3) is 0 Å². The Kier molecular flexibility index (Phi) is 3.51. The van der Waals surface area contributed by atoms with Gasteiger partial charge >= 0.3 is 6.18 Å². The zero-order valence-electron chi connectivity index (χ0n) is 9.89. The molecule has 0 radical (unpaired) electrons. The van der Waals surface area contributed by atoms with Crippen molar-refractivity contribution in [3.8, 4) is 0 Å². The van der Waals surface area contributed by atoms with Gasteiger partial charge in [-0.2, -0.15) is 13.2 Å². The van der Waals surface area contributed by atoms with Crippen LogP contribution in [0.25, 0.3) is 0 Å². The van der Waals surface area contributed by atoms with Crippen LogP contribution in [-0.4, -0.2) is 14.1 Å². The second-order valence-electron chi connectivity index (χ2n) is 4.32. The van der Waals surface area contributed by atoms with Gasteiger partial charge in [-0.15, -0.1) is 0 Å². The lowest BCUT2D eigenvalue weighted by atomic mass is 9.99. The topological polar surface area (TPSA) is 3.24 Å². The molecule has 0 spiro atoms. The summed E-state index contributed by atoms with van der Waals surface area (Å²) >= 11 is 0. The fourth-order valence-corrected chi connectivity index (χ4v) is 1.52. The van der Waals surface area contributed by atoms with E-state index in [9.17, 15) is 13.2 Å². The van der Waals surface area contributed by atoms with Gasteiger partial charge in [0.2, 0.25) is 0 Å². The predicted octanol–water partition coefficient (Wildman–Crippen LogP) is 3.89. The minimum atomic E-state index is -4.30.